The van der Waals surface area contributed by atoms with Gasteiger partial charge in [-0.1, -0.05) is 41.4 Å². The minimum atomic E-state index is 0.639. The third-order valence-corrected chi connectivity index (χ3v) is 4.42. The van der Waals surface area contributed by atoms with Crippen molar-refractivity contribution >= 4 is 33.2 Å². The van der Waals surface area contributed by atoms with E-state index < -0.39 is 0 Å². The molecule has 1 aliphatic heterocycles. The summed E-state index contributed by atoms with van der Waals surface area (Å²) in [6, 6.07) is 6.77. The second kappa shape index (κ2) is 6.27. The SMILES string of the molecule is CCNC1CCN(c2ccc(Br)cc2Cl)CC1C. The number of benzene rings is 1. The average molecular weight is 332 g/mol. The molecule has 1 fully saturated rings. The highest BCUT2D eigenvalue weighted by Gasteiger charge is 2.26. The third kappa shape index (κ3) is 3.19. The molecule has 2 atom stereocenters. The average Bonchev–Trinajstić information content (AvgIpc) is 2.32. The molecule has 1 N–H and O–H groups in total. The zero-order chi connectivity index (χ0) is 13.1. The van der Waals surface area contributed by atoms with E-state index in [1.54, 1.807) is 0 Å². The summed E-state index contributed by atoms with van der Waals surface area (Å²) in [5.74, 6) is 0.651. The molecule has 1 heterocycles. The van der Waals surface area contributed by atoms with Gasteiger partial charge in [0.05, 0.1) is 10.7 Å². The summed E-state index contributed by atoms with van der Waals surface area (Å²) in [7, 11) is 0. The van der Waals surface area contributed by atoms with Crippen LogP contribution in [-0.2, 0) is 0 Å². The molecule has 0 saturated carbocycles. The third-order valence-electron chi connectivity index (χ3n) is 3.62. The van der Waals surface area contributed by atoms with Gasteiger partial charge in [0.2, 0.25) is 0 Å². The molecule has 0 spiro atoms. The number of nitrogens with zero attached hydrogens (tertiary/aromatic N) is 1. The molecule has 1 aliphatic rings. The summed E-state index contributed by atoms with van der Waals surface area (Å²) in [5, 5.41) is 4.39. The monoisotopic (exact) mass is 330 g/mol. The molecule has 4 heteroatoms. The largest absolute Gasteiger partial charge is 0.370 e. The minimum Gasteiger partial charge on any atom is -0.370 e. The Labute approximate surface area is 123 Å². The van der Waals surface area contributed by atoms with Crippen LogP contribution < -0.4 is 10.2 Å². The van der Waals surface area contributed by atoms with E-state index in [4.69, 9.17) is 11.6 Å². The lowest BCUT2D eigenvalue weighted by Gasteiger charge is -2.39. The topological polar surface area (TPSA) is 15.3 Å². The van der Waals surface area contributed by atoms with Crippen LogP contribution in [0.1, 0.15) is 20.3 Å². The van der Waals surface area contributed by atoms with Crippen LogP contribution in [0.25, 0.3) is 0 Å². The van der Waals surface area contributed by atoms with Crippen molar-refractivity contribution in [3.8, 4) is 0 Å². The zero-order valence-electron chi connectivity index (χ0n) is 10.9. The Hall–Kier alpha value is -0.250. The fourth-order valence-electron chi connectivity index (χ4n) is 2.67. The summed E-state index contributed by atoms with van der Waals surface area (Å²) >= 11 is 9.77. The van der Waals surface area contributed by atoms with E-state index in [1.165, 1.54) is 6.42 Å². The van der Waals surface area contributed by atoms with Crippen molar-refractivity contribution < 1.29 is 0 Å². The number of hydrogen-bond donors (Lipinski definition) is 1. The predicted octanol–water partition coefficient (Wildman–Crippen LogP) is 3.93. The molecule has 1 aromatic rings. The lowest BCUT2D eigenvalue weighted by atomic mass is 9.93. The van der Waals surface area contributed by atoms with Gasteiger partial charge in [-0.25, -0.2) is 0 Å². The van der Waals surface area contributed by atoms with Crippen LogP contribution in [0.4, 0.5) is 5.69 Å². The number of anilines is 1. The quantitative estimate of drug-likeness (QED) is 0.903. The van der Waals surface area contributed by atoms with Crippen molar-refractivity contribution in [3.63, 3.8) is 0 Å². The number of halogens is 2. The molecule has 100 valence electrons. The number of hydrogen-bond acceptors (Lipinski definition) is 2. The van der Waals surface area contributed by atoms with Crippen LogP contribution in [0, 0.1) is 5.92 Å². The van der Waals surface area contributed by atoms with Gasteiger partial charge in [-0.15, -0.1) is 0 Å². The molecule has 0 radical (unpaired) electrons. The Bertz CT molecular complexity index is 411. The fraction of sp³-hybridized carbons (Fsp3) is 0.571. The summed E-state index contributed by atoms with van der Waals surface area (Å²) in [6.07, 6.45) is 1.18. The first-order chi connectivity index (χ1) is 8.61. The molecule has 1 saturated heterocycles. The molecular formula is C14H20BrClN2. The predicted molar refractivity (Wildman–Crippen MR) is 82.6 cm³/mol. The van der Waals surface area contributed by atoms with Crippen LogP contribution in [0.2, 0.25) is 5.02 Å². The van der Waals surface area contributed by atoms with Crippen molar-refractivity contribution in [1.82, 2.24) is 5.32 Å². The summed E-state index contributed by atoms with van der Waals surface area (Å²) in [6.45, 7) is 7.67. The second-order valence-electron chi connectivity index (χ2n) is 4.97. The van der Waals surface area contributed by atoms with Crippen LogP contribution in [0.15, 0.2) is 22.7 Å². The Kier molecular flexibility index (Phi) is 4.93. The molecule has 0 aliphatic carbocycles. The highest BCUT2D eigenvalue weighted by Crippen LogP contribution is 2.31. The lowest BCUT2D eigenvalue weighted by molar-refractivity contribution is 0.327. The molecule has 2 unspecified atom stereocenters. The highest BCUT2D eigenvalue weighted by atomic mass is 79.9. The summed E-state index contributed by atoms with van der Waals surface area (Å²) in [4.78, 5) is 2.40. The second-order valence-corrected chi connectivity index (χ2v) is 6.29. The van der Waals surface area contributed by atoms with Gasteiger partial charge in [0, 0.05) is 23.6 Å². The summed E-state index contributed by atoms with van der Waals surface area (Å²) in [5.41, 5.74) is 1.15. The van der Waals surface area contributed by atoms with Crippen molar-refractivity contribution in [2.45, 2.75) is 26.3 Å². The lowest BCUT2D eigenvalue weighted by Crippen LogP contribution is -2.48. The molecule has 0 aromatic heterocycles. The van der Waals surface area contributed by atoms with E-state index in [9.17, 15) is 0 Å². The maximum Gasteiger partial charge on any atom is 0.0650 e. The van der Waals surface area contributed by atoms with E-state index in [0.717, 1.165) is 34.8 Å². The molecule has 2 rings (SSSR count). The fourth-order valence-corrected chi connectivity index (χ4v) is 3.46. The van der Waals surface area contributed by atoms with Gasteiger partial charge in [0.25, 0.3) is 0 Å². The van der Waals surface area contributed by atoms with E-state index in [-0.39, 0.29) is 0 Å². The smallest absolute Gasteiger partial charge is 0.0650 e. The molecule has 1 aromatic carbocycles. The molecule has 18 heavy (non-hydrogen) atoms. The van der Waals surface area contributed by atoms with Crippen LogP contribution in [0.5, 0.6) is 0 Å². The molecule has 0 amide bonds. The van der Waals surface area contributed by atoms with Gasteiger partial charge >= 0.3 is 0 Å². The Morgan fingerprint density at radius 1 is 1.50 bits per heavy atom. The van der Waals surface area contributed by atoms with Crippen LogP contribution >= 0.6 is 27.5 Å². The Morgan fingerprint density at radius 3 is 2.89 bits per heavy atom. The standard InChI is InChI=1S/C14H20BrClN2/c1-3-17-13-6-7-18(9-10(13)2)14-5-4-11(15)8-12(14)16/h4-5,8,10,13,17H,3,6-7,9H2,1-2H3. The van der Waals surface area contributed by atoms with Crippen LogP contribution in [0.3, 0.4) is 0 Å². The van der Waals surface area contributed by atoms with Crippen molar-refractivity contribution in [2.75, 3.05) is 24.5 Å². The van der Waals surface area contributed by atoms with E-state index in [0.29, 0.717) is 12.0 Å². The first-order valence-corrected chi connectivity index (χ1v) is 7.72. The highest BCUT2D eigenvalue weighted by molar-refractivity contribution is 9.10. The molecular weight excluding hydrogens is 312 g/mol. The van der Waals surface area contributed by atoms with Crippen molar-refractivity contribution in [3.05, 3.63) is 27.7 Å². The number of piperidine rings is 1. The maximum absolute atomic E-state index is 6.32. The van der Waals surface area contributed by atoms with Gasteiger partial charge in [0.1, 0.15) is 0 Å². The van der Waals surface area contributed by atoms with Crippen molar-refractivity contribution in [1.29, 1.82) is 0 Å². The Balaban J connectivity index is 2.07. The van der Waals surface area contributed by atoms with Crippen LogP contribution in [-0.4, -0.2) is 25.7 Å². The van der Waals surface area contributed by atoms with Gasteiger partial charge < -0.3 is 10.2 Å². The molecule has 2 nitrogen and oxygen atoms in total. The number of nitrogens with one attached hydrogen (secondary N) is 1. The normalized spacial score (nSPS) is 24.3. The van der Waals surface area contributed by atoms with Gasteiger partial charge in [0.15, 0.2) is 0 Å². The maximum atomic E-state index is 6.32. The first kappa shape index (κ1) is 14.2. The molecule has 0 bridgehead atoms. The summed E-state index contributed by atoms with van der Waals surface area (Å²) < 4.78 is 1.03. The van der Waals surface area contributed by atoms with E-state index >= 15 is 0 Å². The van der Waals surface area contributed by atoms with Gasteiger partial charge in [-0.2, -0.15) is 0 Å². The zero-order valence-corrected chi connectivity index (χ0v) is 13.3. The van der Waals surface area contributed by atoms with Gasteiger partial charge in [-0.05, 0) is 37.1 Å². The Morgan fingerprint density at radius 2 is 2.28 bits per heavy atom. The van der Waals surface area contributed by atoms with E-state index in [1.807, 2.05) is 6.07 Å². The van der Waals surface area contributed by atoms with Crippen molar-refractivity contribution in [2.24, 2.45) is 5.92 Å². The number of rotatable bonds is 3. The van der Waals surface area contributed by atoms with Gasteiger partial charge in [-0.3, -0.25) is 0 Å². The van der Waals surface area contributed by atoms with E-state index in [2.05, 4.69) is 52.1 Å². The first-order valence-electron chi connectivity index (χ1n) is 6.55. The minimum absolute atomic E-state index is 0.639.